The van der Waals surface area contributed by atoms with Crippen LogP contribution in [0.5, 0.6) is 11.5 Å². The Labute approximate surface area is 173 Å². The highest BCUT2D eigenvalue weighted by molar-refractivity contribution is 6.31. The first-order chi connectivity index (χ1) is 14.2. The topological polar surface area (TPSA) is 60.7 Å². The molecule has 10 heteroatoms. The average Bonchev–Trinajstić information content (AvgIpc) is 3.15. The van der Waals surface area contributed by atoms with Gasteiger partial charge in [-0.15, -0.1) is 0 Å². The maximum Gasteiger partial charge on any atom is 0.422 e. The molecule has 158 valence electrons. The molecule has 0 aliphatic rings. The van der Waals surface area contributed by atoms with Crippen LogP contribution in [0.25, 0.3) is 0 Å². The van der Waals surface area contributed by atoms with Crippen LogP contribution in [0.3, 0.4) is 0 Å². The maximum atomic E-state index is 12.9. The van der Waals surface area contributed by atoms with E-state index >= 15 is 0 Å². The van der Waals surface area contributed by atoms with E-state index in [-0.39, 0.29) is 28.8 Å². The summed E-state index contributed by atoms with van der Waals surface area (Å²) in [6, 6.07) is 12.0. The van der Waals surface area contributed by atoms with Crippen molar-refractivity contribution >= 4 is 23.2 Å². The summed E-state index contributed by atoms with van der Waals surface area (Å²) >= 11 is 5.86. The fourth-order valence-electron chi connectivity index (χ4n) is 2.33. The van der Waals surface area contributed by atoms with Crippen LogP contribution < -0.4 is 14.8 Å². The van der Waals surface area contributed by atoms with Gasteiger partial charge in [-0.05, 0) is 54.6 Å². The van der Waals surface area contributed by atoms with E-state index in [9.17, 15) is 22.4 Å². The Morgan fingerprint density at radius 1 is 1.03 bits per heavy atom. The molecule has 0 aliphatic heterocycles. The van der Waals surface area contributed by atoms with E-state index in [1.807, 2.05) is 0 Å². The van der Waals surface area contributed by atoms with Crippen molar-refractivity contribution in [3.05, 3.63) is 77.0 Å². The molecule has 0 radical (unpaired) electrons. The highest BCUT2D eigenvalue weighted by Gasteiger charge is 2.29. The first-order valence-electron chi connectivity index (χ1n) is 8.47. The minimum Gasteiger partial charge on any atom is -0.486 e. The van der Waals surface area contributed by atoms with Crippen molar-refractivity contribution in [2.75, 3.05) is 11.9 Å². The number of hydrogen-bond donors (Lipinski definition) is 1. The van der Waals surface area contributed by atoms with Crippen LogP contribution in [0.4, 0.5) is 23.2 Å². The molecule has 5 nitrogen and oxygen atoms in total. The highest BCUT2D eigenvalue weighted by atomic mass is 35.5. The Hall–Kier alpha value is -3.20. The molecule has 0 atom stereocenters. The molecule has 0 unspecified atom stereocenters. The minimum absolute atomic E-state index is 0.0178. The number of hydrogen-bond acceptors (Lipinski definition) is 4. The standard InChI is InChI=1S/C20H14ClF4NO4/c21-12-1-7-17(29-11-20(23,24)25)16(9-12)26-19(27)18-8-6-15(30-18)10-28-14-4-2-13(22)3-5-14/h1-9H,10-11H2,(H,26,27). The molecule has 0 saturated heterocycles. The van der Waals surface area contributed by atoms with Gasteiger partial charge in [0.15, 0.2) is 12.4 Å². The molecule has 0 spiro atoms. The summed E-state index contributed by atoms with van der Waals surface area (Å²) in [6.07, 6.45) is -4.54. The van der Waals surface area contributed by atoms with Gasteiger partial charge in [0.1, 0.15) is 29.7 Å². The predicted octanol–water partition coefficient (Wildman–Crippen LogP) is 5.84. The number of rotatable bonds is 7. The van der Waals surface area contributed by atoms with Crippen molar-refractivity contribution in [1.82, 2.24) is 0 Å². The number of carbonyl (C=O) groups is 1. The van der Waals surface area contributed by atoms with Crippen LogP contribution in [0, 0.1) is 5.82 Å². The Kier molecular flexibility index (Phi) is 6.51. The smallest absolute Gasteiger partial charge is 0.422 e. The third-order valence-corrected chi connectivity index (χ3v) is 3.90. The summed E-state index contributed by atoms with van der Waals surface area (Å²) in [6.45, 7) is -1.54. The second kappa shape index (κ2) is 9.08. The van der Waals surface area contributed by atoms with E-state index in [1.165, 1.54) is 54.6 Å². The van der Waals surface area contributed by atoms with Crippen molar-refractivity contribution in [2.45, 2.75) is 12.8 Å². The molecular formula is C20H14ClF4NO4. The van der Waals surface area contributed by atoms with Crippen molar-refractivity contribution in [1.29, 1.82) is 0 Å². The Morgan fingerprint density at radius 3 is 2.47 bits per heavy atom. The Bertz CT molecular complexity index is 1020. The van der Waals surface area contributed by atoms with Crippen molar-refractivity contribution in [3.63, 3.8) is 0 Å². The van der Waals surface area contributed by atoms with Gasteiger partial charge in [0.2, 0.25) is 0 Å². The van der Waals surface area contributed by atoms with E-state index in [4.69, 9.17) is 25.5 Å². The van der Waals surface area contributed by atoms with Gasteiger partial charge in [-0.1, -0.05) is 11.6 Å². The lowest BCUT2D eigenvalue weighted by Gasteiger charge is -2.13. The fourth-order valence-corrected chi connectivity index (χ4v) is 2.50. The van der Waals surface area contributed by atoms with Gasteiger partial charge >= 0.3 is 6.18 Å². The molecule has 1 amide bonds. The van der Waals surface area contributed by atoms with Crippen molar-refractivity contribution in [2.24, 2.45) is 0 Å². The molecule has 2 aromatic carbocycles. The summed E-state index contributed by atoms with van der Waals surface area (Å²) < 4.78 is 65.7. The molecule has 1 aromatic heterocycles. The lowest BCUT2D eigenvalue weighted by molar-refractivity contribution is -0.153. The molecule has 30 heavy (non-hydrogen) atoms. The molecule has 1 heterocycles. The maximum absolute atomic E-state index is 12.9. The fraction of sp³-hybridized carbons (Fsp3) is 0.150. The molecule has 1 N–H and O–H groups in total. The number of ether oxygens (including phenoxy) is 2. The molecule has 3 aromatic rings. The predicted molar refractivity (Wildman–Crippen MR) is 100 cm³/mol. The number of nitrogens with one attached hydrogen (secondary N) is 1. The molecule has 0 bridgehead atoms. The lowest BCUT2D eigenvalue weighted by atomic mass is 10.2. The third kappa shape index (κ3) is 6.15. The monoisotopic (exact) mass is 443 g/mol. The van der Waals surface area contributed by atoms with Crippen LogP contribution in [-0.4, -0.2) is 18.7 Å². The van der Waals surface area contributed by atoms with Crippen molar-refractivity contribution < 1.29 is 36.2 Å². The lowest BCUT2D eigenvalue weighted by Crippen LogP contribution is -2.20. The Balaban J connectivity index is 1.65. The van der Waals surface area contributed by atoms with Gasteiger partial charge in [-0.25, -0.2) is 4.39 Å². The molecular weight excluding hydrogens is 430 g/mol. The summed E-state index contributed by atoms with van der Waals surface area (Å²) in [5, 5.41) is 2.60. The van der Waals surface area contributed by atoms with E-state index < -0.39 is 24.5 Å². The van der Waals surface area contributed by atoms with Gasteiger partial charge in [0, 0.05) is 5.02 Å². The molecule has 0 aliphatic carbocycles. The second-order valence-electron chi connectivity index (χ2n) is 6.01. The first kappa shape index (κ1) is 21.5. The average molecular weight is 444 g/mol. The van der Waals surface area contributed by atoms with Crippen molar-refractivity contribution in [3.8, 4) is 11.5 Å². The highest BCUT2D eigenvalue weighted by Crippen LogP contribution is 2.30. The zero-order chi connectivity index (χ0) is 21.7. The number of alkyl halides is 3. The summed E-state index contributed by atoms with van der Waals surface area (Å²) in [5.41, 5.74) is -0.0442. The zero-order valence-corrected chi connectivity index (χ0v) is 15.9. The Morgan fingerprint density at radius 2 is 1.77 bits per heavy atom. The van der Waals surface area contributed by atoms with Crippen LogP contribution in [0.2, 0.25) is 5.02 Å². The second-order valence-corrected chi connectivity index (χ2v) is 6.44. The van der Waals surface area contributed by atoms with Gasteiger partial charge in [0.05, 0.1) is 5.69 Å². The van der Waals surface area contributed by atoms with Gasteiger partial charge in [0.25, 0.3) is 5.91 Å². The summed E-state index contributed by atoms with van der Waals surface area (Å²) in [7, 11) is 0. The number of anilines is 1. The summed E-state index contributed by atoms with van der Waals surface area (Å²) in [5.74, 6) is -0.708. The number of benzene rings is 2. The van der Waals surface area contributed by atoms with Crippen LogP contribution in [0.1, 0.15) is 16.3 Å². The molecule has 0 fully saturated rings. The number of amides is 1. The minimum atomic E-state index is -4.54. The van der Waals surface area contributed by atoms with Crippen LogP contribution in [-0.2, 0) is 6.61 Å². The van der Waals surface area contributed by atoms with E-state index in [2.05, 4.69) is 5.32 Å². The van der Waals surface area contributed by atoms with Gasteiger partial charge < -0.3 is 19.2 Å². The van der Waals surface area contributed by atoms with E-state index in [1.54, 1.807) is 0 Å². The van der Waals surface area contributed by atoms with Gasteiger partial charge in [-0.3, -0.25) is 4.79 Å². The SMILES string of the molecule is O=C(Nc1cc(Cl)ccc1OCC(F)(F)F)c1ccc(COc2ccc(F)cc2)o1. The van der Waals surface area contributed by atoms with Gasteiger partial charge in [-0.2, -0.15) is 13.2 Å². The van der Waals surface area contributed by atoms with E-state index in [0.29, 0.717) is 11.5 Å². The third-order valence-electron chi connectivity index (χ3n) is 3.66. The van der Waals surface area contributed by atoms with E-state index in [0.717, 1.165) is 0 Å². The molecule has 3 rings (SSSR count). The first-order valence-corrected chi connectivity index (χ1v) is 8.85. The molecule has 0 saturated carbocycles. The van der Waals surface area contributed by atoms with Crippen LogP contribution >= 0.6 is 11.6 Å². The summed E-state index contributed by atoms with van der Waals surface area (Å²) in [4.78, 5) is 12.4. The number of halogens is 5. The quantitative estimate of drug-likeness (QED) is 0.466. The zero-order valence-electron chi connectivity index (χ0n) is 15.1. The number of carbonyl (C=O) groups excluding carboxylic acids is 1. The van der Waals surface area contributed by atoms with Crippen LogP contribution in [0.15, 0.2) is 59.0 Å². The number of furan rings is 1. The largest absolute Gasteiger partial charge is 0.486 e. The normalized spacial score (nSPS) is 11.2.